The summed E-state index contributed by atoms with van der Waals surface area (Å²) in [6.07, 6.45) is 1.17. The molecule has 1 unspecified atom stereocenters. The van der Waals surface area contributed by atoms with Crippen molar-refractivity contribution in [3.05, 3.63) is 73.6 Å². The summed E-state index contributed by atoms with van der Waals surface area (Å²) in [5.74, 6) is -0.947. The normalized spacial score (nSPS) is 16.2. The molecule has 1 aliphatic heterocycles. The zero-order valence-corrected chi connectivity index (χ0v) is 11.5. The maximum absolute atomic E-state index is 12.1. The number of H-pyrrole nitrogens is 1. The Bertz CT molecular complexity index is 923. The summed E-state index contributed by atoms with van der Waals surface area (Å²) in [6.45, 7) is 0. The van der Waals surface area contributed by atoms with Gasteiger partial charge in [-0.15, -0.1) is 0 Å². The summed E-state index contributed by atoms with van der Waals surface area (Å²) in [5, 5.41) is 20.1. The Morgan fingerprint density at radius 2 is 2.09 bits per heavy atom. The molecule has 0 bridgehead atoms. The first kappa shape index (κ1) is 14.3. The smallest absolute Gasteiger partial charge is 0.269 e. The van der Waals surface area contributed by atoms with Crippen LogP contribution in [0.3, 0.4) is 0 Å². The molecular weight excluding hydrogens is 302 g/mol. The van der Waals surface area contributed by atoms with Gasteiger partial charge in [0.05, 0.1) is 22.7 Å². The summed E-state index contributed by atoms with van der Waals surface area (Å²) < 4.78 is 5.23. The first-order valence-electron chi connectivity index (χ1n) is 6.42. The van der Waals surface area contributed by atoms with E-state index in [0.717, 1.165) is 0 Å². The third-order valence-corrected chi connectivity index (χ3v) is 3.46. The second-order valence-corrected chi connectivity index (χ2v) is 4.72. The Hall–Kier alpha value is -3.67. The monoisotopic (exact) mass is 311 g/mol. The van der Waals surface area contributed by atoms with Gasteiger partial charge in [0.25, 0.3) is 11.2 Å². The number of aromatic nitrogens is 2. The Morgan fingerprint density at radius 1 is 1.39 bits per heavy atom. The molecule has 1 aliphatic rings. The van der Waals surface area contributed by atoms with Crippen LogP contribution in [0.5, 0.6) is 5.88 Å². The number of benzene rings is 1. The molecule has 0 saturated carbocycles. The molecule has 3 N–H and O–H groups in total. The van der Waals surface area contributed by atoms with Crippen molar-refractivity contribution in [3.8, 4) is 11.9 Å². The van der Waals surface area contributed by atoms with Gasteiger partial charge in [0.15, 0.2) is 0 Å². The lowest BCUT2D eigenvalue weighted by Gasteiger charge is -2.24. The highest BCUT2D eigenvalue weighted by Gasteiger charge is 2.34. The minimum absolute atomic E-state index is 0.00797. The average molecular weight is 311 g/mol. The number of ether oxygens (including phenoxy) is 1. The number of rotatable bonds is 2. The van der Waals surface area contributed by atoms with Gasteiger partial charge in [-0.3, -0.25) is 14.9 Å². The number of hydrogen-bond acceptors (Lipinski definition) is 7. The van der Waals surface area contributed by atoms with Crippen molar-refractivity contribution >= 4 is 5.69 Å². The van der Waals surface area contributed by atoms with E-state index in [4.69, 9.17) is 10.5 Å². The van der Waals surface area contributed by atoms with Crippen LogP contribution in [0, 0.1) is 21.4 Å². The van der Waals surface area contributed by atoms with Gasteiger partial charge >= 0.3 is 0 Å². The van der Waals surface area contributed by atoms with E-state index in [-0.39, 0.29) is 28.6 Å². The largest absolute Gasteiger partial charge is 0.422 e. The molecule has 0 amide bonds. The van der Waals surface area contributed by atoms with Crippen LogP contribution >= 0.6 is 0 Å². The van der Waals surface area contributed by atoms with Crippen molar-refractivity contribution in [2.75, 3.05) is 0 Å². The molecule has 23 heavy (non-hydrogen) atoms. The van der Waals surface area contributed by atoms with Crippen LogP contribution in [0.25, 0.3) is 0 Å². The SMILES string of the molecule is N#CC1=C(N)Oc2nc[nH]c(=O)c2C1c1ccc([N+](=O)[O-])cc1. The predicted octanol–water partition coefficient (Wildman–Crippen LogP) is 0.896. The molecule has 9 heteroatoms. The number of nitrogens with zero attached hydrogens (tertiary/aromatic N) is 3. The van der Waals surface area contributed by atoms with Crippen molar-refractivity contribution in [3.63, 3.8) is 0 Å². The number of nitro benzene ring substituents is 1. The fourth-order valence-corrected chi connectivity index (χ4v) is 2.42. The number of nitrogens with one attached hydrogen (secondary N) is 1. The van der Waals surface area contributed by atoms with E-state index in [1.807, 2.05) is 6.07 Å². The Labute approximate surface area is 128 Å². The molecule has 0 aliphatic carbocycles. The van der Waals surface area contributed by atoms with E-state index in [0.29, 0.717) is 5.56 Å². The molecule has 114 valence electrons. The Kier molecular flexibility index (Phi) is 3.27. The predicted molar refractivity (Wildman–Crippen MR) is 77.3 cm³/mol. The van der Waals surface area contributed by atoms with Gasteiger partial charge in [-0.25, -0.2) is 4.98 Å². The third kappa shape index (κ3) is 2.28. The number of fused-ring (bicyclic) bond motifs is 1. The van der Waals surface area contributed by atoms with Crippen molar-refractivity contribution in [2.45, 2.75) is 5.92 Å². The summed E-state index contributed by atoms with van der Waals surface area (Å²) in [4.78, 5) is 28.7. The molecule has 2 heterocycles. The third-order valence-electron chi connectivity index (χ3n) is 3.46. The van der Waals surface area contributed by atoms with Crippen LogP contribution in [0.2, 0.25) is 0 Å². The maximum atomic E-state index is 12.1. The van der Waals surface area contributed by atoms with E-state index in [1.54, 1.807) is 0 Å². The van der Waals surface area contributed by atoms with Crippen molar-refractivity contribution in [1.82, 2.24) is 9.97 Å². The van der Waals surface area contributed by atoms with E-state index in [9.17, 15) is 20.2 Å². The molecule has 1 aromatic heterocycles. The van der Waals surface area contributed by atoms with Crippen molar-refractivity contribution in [1.29, 1.82) is 5.26 Å². The van der Waals surface area contributed by atoms with Crippen LogP contribution in [-0.4, -0.2) is 14.9 Å². The quantitative estimate of drug-likeness (QED) is 0.618. The topological polar surface area (TPSA) is 148 Å². The van der Waals surface area contributed by atoms with Gasteiger partial charge in [0, 0.05) is 12.1 Å². The van der Waals surface area contributed by atoms with Gasteiger partial charge in [0.2, 0.25) is 11.8 Å². The van der Waals surface area contributed by atoms with E-state index < -0.39 is 16.4 Å². The average Bonchev–Trinajstić information content (AvgIpc) is 2.54. The molecule has 3 rings (SSSR count). The Morgan fingerprint density at radius 3 is 2.70 bits per heavy atom. The summed E-state index contributed by atoms with van der Waals surface area (Å²) in [7, 11) is 0. The number of non-ortho nitro benzene ring substituents is 1. The second-order valence-electron chi connectivity index (χ2n) is 4.72. The van der Waals surface area contributed by atoms with E-state index in [2.05, 4.69) is 9.97 Å². The number of nitro groups is 1. The second kappa shape index (κ2) is 5.27. The summed E-state index contributed by atoms with van der Waals surface area (Å²) in [5.41, 5.74) is 5.84. The first-order chi connectivity index (χ1) is 11.0. The van der Waals surface area contributed by atoms with Crippen LogP contribution in [0.1, 0.15) is 17.0 Å². The molecule has 1 aromatic carbocycles. The molecule has 0 radical (unpaired) electrons. The highest BCUT2D eigenvalue weighted by atomic mass is 16.6. The van der Waals surface area contributed by atoms with E-state index in [1.165, 1.54) is 30.6 Å². The summed E-state index contributed by atoms with van der Waals surface area (Å²) in [6, 6.07) is 7.44. The minimum atomic E-state index is -0.804. The molecule has 0 saturated heterocycles. The van der Waals surface area contributed by atoms with Gasteiger partial charge in [-0.05, 0) is 5.56 Å². The standard InChI is InChI=1S/C14H9N5O4/c15-5-9-10(7-1-3-8(4-2-7)19(21)22)11-13(20)17-6-18-14(11)23-12(9)16/h1-4,6,10H,16H2,(H,17,18,20). The van der Waals surface area contributed by atoms with Gasteiger partial charge in [-0.1, -0.05) is 12.1 Å². The molecule has 9 nitrogen and oxygen atoms in total. The highest BCUT2D eigenvalue weighted by molar-refractivity contribution is 5.53. The highest BCUT2D eigenvalue weighted by Crippen LogP contribution is 2.38. The van der Waals surface area contributed by atoms with Crippen LogP contribution in [0.4, 0.5) is 5.69 Å². The van der Waals surface area contributed by atoms with Gasteiger partial charge in [0.1, 0.15) is 11.6 Å². The van der Waals surface area contributed by atoms with Gasteiger partial charge in [-0.2, -0.15) is 5.26 Å². The molecule has 2 aromatic rings. The molecular formula is C14H9N5O4. The number of aromatic amines is 1. The minimum Gasteiger partial charge on any atom is -0.422 e. The number of hydrogen-bond donors (Lipinski definition) is 2. The number of allylic oxidation sites excluding steroid dienone is 1. The lowest BCUT2D eigenvalue weighted by atomic mass is 9.85. The lowest BCUT2D eigenvalue weighted by Crippen LogP contribution is -2.28. The maximum Gasteiger partial charge on any atom is 0.269 e. The van der Waals surface area contributed by atoms with Crippen molar-refractivity contribution < 1.29 is 9.66 Å². The Balaban J connectivity index is 2.22. The fourth-order valence-electron chi connectivity index (χ4n) is 2.42. The first-order valence-corrected chi connectivity index (χ1v) is 6.42. The fraction of sp³-hybridized carbons (Fsp3) is 0.0714. The summed E-state index contributed by atoms with van der Waals surface area (Å²) >= 11 is 0. The number of nitrogens with two attached hydrogens (primary N) is 1. The van der Waals surface area contributed by atoms with Crippen LogP contribution in [-0.2, 0) is 0 Å². The van der Waals surface area contributed by atoms with Crippen LogP contribution in [0.15, 0.2) is 46.8 Å². The molecule has 0 fully saturated rings. The zero-order chi connectivity index (χ0) is 16.6. The molecule has 0 spiro atoms. The number of nitriles is 1. The van der Waals surface area contributed by atoms with Gasteiger partial charge < -0.3 is 15.5 Å². The lowest BCUT2D eigenvalue weighted by molar-refractivity contribution is -0.384. The van der Waals surface area contributed by atoms with E-state index >= 15 is 0 Å². The zero-order valence-electron chi connectivity index (χ0n) is 11.5. The molecule has 1 atom stereocenters. The van der Waals surface area contributed by atoms with Crippen molar-refractivity contribution in [2.24, 2.45) is 5.73 Å². The van der Waals surface area contributed by atoms with Crippen LogP contribution < -0.4 is 16.0 Å².